The molecule has 0 saturated carbocycles. The Morgan fingerprint density at radius 1 is 1.32 bits per heavy atom. The summed E-state index contributed by atoms with van der Waals surface area (Å²) in [6, 6.07) is 10.9. The van der Waals surface area contributed by atoms with Gasteiger partial charge in [0.25, 0.3) is 0 Å². The fourth-order valence-corrected chi connectivity index (χ4v) is 1.44. The predicted octanol–water partition coefficient (Wildman–Crippen LogP) is 1.84. The lowest BCUT2D eigenvalue weighted by atomic mass is 10.2. The van der Waals surface area contributed by atoms with E-state index in [0.29, 0.717) is 5.69 Å². The van der Waals surface area contributed by atoms with Gasteiger partial charge in [0.15, 0.2) is 0 Å². The Kier molecular flexibility index (Phi) is 3.92. The Bertz CT molecular complexity index is 577. The molecule has 0 radical (unpaired) electrons. The summed E-state index contributed by atoms with van der Waals surface area (Å²) in [4.78, 5) is 22.5. The van der Waals surface area contributed by atoms with Gasteiger partial charge in [-0.1, -0.05) is 35.5 Å². The number of carbonyl (C=O) groups excluding carboxylic acids is 2. The molecule has 1 amide bonds. The molecule has 0 atom stereocenters. The molecular formula is C13H12N2O4. The Labute approximate surface area is 109 Å². The molecule has 1 heterocycles. The number of esters is 1. The number of carbonyl (C=O) groups is 2. The molecule has 0 aliphatic carbocycles. The van der Waals surface area contributed by atoms with E-state index in [4.69, 9.17) is 4.52 Å². The fourth-order valence-electron chi connectivity index (χ4n) is 1.44. The molecule has 0 fully saturated rings. The van der Waals surface area contributed by atoms with Crippen LogP contribution in [0.25, 0.3) is 11.3 Å². The maximum absolute atomic E-state index is 11.4. The van der Waals surface area contributed by atoms with Gasteiger partial charge >= 0.3 is 11.9 Å². The van der Waals surface area contributed by atoms with Crippen molar-refractivity contribution in [3.8, 4) is 11.3 Å². The first-order valence-corrected chi connectivity index (χ1v) is 5.71. The van der Waals surface area contributed by atoms with Gasteiger partial charge in [0.05, 0.1) is 6.61 Å². The number of nitrogens with one attached hydrogen (secondary N) is 1. The molecule has 0 aliphatic heterocycles. The fraction of sp³-hybridized carbons (Fsp3) is 0.154. The SMILES string of the molecule is CCOC(=O)C(=O)Nc1cc(-c2ccccc2)no1. The van der Waals surface area contributed by atoms with Crippen LogP contribution in [0, 0.1) is 0 Å². The van der Waals surface area contributed by atoms with Gasteiger partial charge in [0.2, 0.25) is 5.88 Å². The van der Waals surface area contributed by atoms with Crippen LogP contribution in [-0.4, -0.2) is 23.6 Å². The molecule has 0 spiro atoms. The third-order valence-electron chi connectivity index (χ3n) is 2.28. The minimum absolute atomic E-state index is 0.0944. The highest BCUT2D eigenvalue weighted by Crippen LogP contribution is 2.21. The molecule has 1 aromatic carbocycles. The summed E-state index contributed by atoms with van der Waals surface area (Å²) in [6.45, 7) is 1.76. The Morgan fingerprint density at radius 2 is 2.05 bits per heavy atom. The first-order valence-electron chi connectivity index (χ1n) is 5.71. The third-order valence-corrected chi connectivity index (χ3v) is 2.28. The largest absolute Gasteiger partial charge is 0.459 e. The summed E-state index contributed by atoms with van der Waals surface area (Å²) in [5.74, 6) is -1.75. The molecular weight excluding hydrogens is 248 g/mol. The standard InChI is InChI=1S/C13H12N2O4/c1-2-18-13(17)12(16)14-11-8-10(15-19-11)9-6-4-3-5-7-9/h3-8H,2H2,1H3,(H,14,16). The average molecular weight is 260 g/mol. The van der Waals surface area contributed by atoms with Gasteiger partial charge in [0, 0.05) is 11.6 Å². The van der Waals surface area contributed by atoms with Crippen molar-refractivity contribution in [2.45, 2.75) is 6.92 Å². The molecule has 0 bridgehead atoms. The van der Waals surface area contributed by atoms with Crippen LogP contribution in [-0.2, 0) is 14.3 Å². The molecule has 1 N–H and O–H groups in total. The van der Waals surface area contributed by atoms with Gasteiger partial charge in [-0.2, -0.15) is 0 Å². The van der Waals surface area contributed by atoms with E-state index >= 15 is 0 Å². The van der Waals surface area contributed by atoms with Gasteiger partial charge in [-0.3, -0.25) is 10.1 Å². The van der Waals surface area contributed by atoms with Crippen molar-refractivity contribution >= 4 is 17.8 Å². The quantitative estimate of drug-likeness (QED) is 0.672. The summed E-state index contributed by atoms with van der Waals surface area (Å²) < 4.78 is 9.48. The second kappa shape index (κ2) is 5.81. The maximum atomic E-state index is 11.4. The molecule has 98 valence electrons. The average Bonchev–Trinajstić information content (AvgIpc) is 2.88. The molecule has 0 saturated heterocycles. The minimum atomic E-state index is -0.958. The van der Waals surface area contributed by atoms with Gasteiger partial charge in [-0.25, -0.2) is 4.79 Å². The normalized spacial score (nSPS) is 9.95. The van der Waals surface area contributed by atoms with E-state index in [1.54, 1.807) is 6.92 Å². The van der Waals surface area contributed by atoms with Gasteiger partial charge in [-0.15, -0.1) is 0 Å². The van der Waals surface area contributed by atoms with Crippen molar-refractivity contribution in [3.05, 3.63) is 36.4 Å². The second-order valence-electron chi connectivity index (χ2n) is 3.62. The molecule has 0 unspecified atom stereocenters. The first-order chi connectivity index (χ1) is 9.20. The molecule has 0 aliphatic rings. The molecule has 2 aromatic rings. The lowest BCUT2D eigenvalue weighted by Crippen LogP contribution is -2.24. The van der Waals surface area contributed by atoms with E-state index in [1.807, 2.05) is 30.3 Å². The lowest BCUT2D eigenvalue weighted by Gasteiger charge is -1.99. The number of rotatable bonds is 3. The lowest BCUT2D eigenvalue weighted by molar-refractivity contribution is -0.152. The van der Waals surface area contributed by atoms with Crippen molar-refractivity contribution in [1.29, 1.82) is 0 Å². The van der Waals surface area contributed by atoms with E-state index < -0.39 is 11.9 Å². The summed E-state index contributed by atoms with van der Waals surface area (Å²) in [5, 5.41) is 6.08. The topological polar surface area (TPSA) is 81.4 Å². The number of anilines is 1. The highest BCUT2D eigenvalue weighted by molar-refractivity contribution is 6.37. The Balaban J connectivity index is 2.06. The monoisotopic (exact) mass is 260 g/mol. The van der Waals surface area contributed by atoms with Crippen molar-refractivity contribution < 1.29 is 18.8 Å². The summed E-state index contributed by atoms with van der Waals surface area (Å²) in [7, 11) is 0. The third kappa shape index (κ3) is 3.19. The van der Waals surface area contributed by atoms with E-state index in [1.165, 1.54) is 6.07 Å². The molecule has 6 heteroatoms. The Hall–Kier alpha value is -2.63. The van der Waals surface area contributed by atoms with Crippen LogP contribution in [0.1, 0.15) is 6.92 Å². The van der Waals surface area contributed by atoms with Crippen molar-refractivity contribution in [2.24, 2.45) is 0 Å². The van der Waals surface area contributed by atoms with Crippen LogP contribution >= 0.6 is 0 Å². The Morgan fingerprint density at radius 3 is 2.74 bits per heavy atom. The summed E-state index contributed by atoms with van der Waals surface area (Å²) in [6.07, 6.45) is 0. The predicted molar refractivity (Wildman–Crippen MR) is 67.2 cm³/mol. The zero-order chi connectivity index (χ0) is 13.7. The van der Waals surface area contributed by atoms with Crippen molar-refractivity contribution in [1.82, 2.24) is 5.16 Å². The van der Waals surface area contributed by atoms with E-state index in [0.717, 1.165) is 5.56 Å². The van der Waals surface area contributed by atoms with Crippen LogP contribution in [0.5, 0.6) is 0 Å². The first kappa shape index (κ1) is 12.8. The number of nitrogens with zero attached hydrogens (tertiary/aromatic N) is 1. The van der Waals surface area contributed by atoms with Crippen molar-refractivity contribution in [3.63, 3.8) is 0 Å². The number of hydrogen-bond donors (Lipinski definition) is 1. The highest BCUT2D eigenvalue weighted by Gasteiger charge is 2.17. The highest BCUT2D eigenvalue weighted by atomic mass is 16.5. The maximum Gasteiger partial charge on any atom is 0.397 e. The number of amides is 1. The van der Waals surface area contributed by atoms with Crippen molar-refractivity contribution in [2.75, 3.05) is 11.9 Å². The number of aromatic nitrogens is 1. The second-order valence-corrected chi connectivity index (χ2v) is 3.62. The van der Waals surface area contributed by atoms with Crippen LogP contribution in [0.2, 0.25) is 0 Å². The number of hydrogen-bond acceptors (Lipinski definition) is 5. The number of benzene rings is 1. The zero-order valence-electron chi connectivity index (χ0n) is 10.3. The zero-order valence-corrected chi connectivity index (χ0v) is 10.3. The number of ether oxygens (including phenoxy) is 1. The smallest absolute Gasteiger partial charge is 0.397 e. The van der Waals surface area contributed by atoms with E-state index in [-0.39, 0.29) is 12.5 Å². The van der Waals surface area contributed by atoms with Crippen LogP contribution in [0.3, 0.4) is 0 Å². The molecule has 19 heavy (non-hydrogen) atoms. The van der Waals surface area contributed by atoms with Gasteiger partial charge in [-0.05, 0) is 6.92 Å². The summed E-state index contributed by atoms with van der Waals surface area (Å²) >= 11 is 0. The minimum Gasteiger partial charge on any atom is -0.459 e. The summed E-state index contributed by atoms with van der Waals surface area (Å²) in [5.41, 5.74) is 1.42. The van der Waals surface area contributed by atoms with E-state index in [9.17, 15) is 9.59 Å². The van der Waals surface area contributed by atoms with Crippen LogP contribution in [0.15, 0.2) is 40.9 Å². The van der Waals surface area contributed by atoms with Crippen LogP contribution < -0.4 is 5.32 Å². The molecule has 2 rings (SSSR count). The van der Waals surface area contributed by atoms with E-state index in [2.05, 4.69) is 15.2 Å². The van der Waals surface area contributed by atoms with Gasteiger partial charge < -0.3 is 9.26 Å². The molecule has 6 nitrogen and oxygen atoms in total. The molecule has 1 aromatic heterocycles. The van der Waals surface area contributed by atoms with Gasteiger partial charge in [0.1, 0.15) is 5.69 Å². The van der Waals surface area contributed by atoms with Crippen LogP contribution in [0.4, 0.5) is 5.88 Å².